The van der Waals surface area contributed by atoms with Gasteiger partial charge in [-0.15, -0.1) is 0 Å². The van der Waals surface area contributed by atoms with Crippen molar-refractivity contribution < 1.29 is 37.7 Å². The Balaban J connectivity index is 2.59. The number of nitrogens with zero attached hydrogens (tertiary/aromatic N) is 1. The predicted octanol–water partition coefficient (Wildman–Crippen LogP) is 2.24. The number of alkyl halides is 3. The first-order valence-electron chi connectivity index (χ1n) is 5.69. The molecule has 0 saturated heterocycles. The lowest BCUT2D eigenvalue weighted by molar-refractivity contribution is -0.191. The van der Waals surface area contributed by atoms with Gasteiger partial charge in [0.25, 0.3) is 6.10 Å². The van der Waals surface area contributed by atoms with E-state index in [1.54, 1.807) is 0 Å². The second-order valence-electron chi connectivity index (χ2n) is 4.22. The number of ether oxygens (including phenoxy) is 2. The van der Waals surface area contributed by atoms with E-state index >= 15 is 0 Å². The average molecular weight is 305 g/mol. The molecule has 21 heavy (non-hydrogen) atoms. The Hall–Kier alpha value is -2.29. The number of carboxylic acid groups (broad SMARTS) is 1. The summed E-state index contributed by atoms with van der Waals surface area (Å²) in [6, 6.07) is 0. The zero-order valence-corrected chi connectivity index (χ0v) is 10.6. The molecule has 0 fully saturated rings. The Morgan fingerprint density at radius 3 is 2.71 bits per heavy atom. The number of rotatable bonds is 2. The number of aliphatic hydroxyl groups is 1. The number of carbonyl (C=O) groups is 1. The summed E-state index contributed by atoms with van der Waals surface area (Å²) in [5.41, 5.74) is 0.492. The fraction of sp³-hybridized carbons (Fsp3) is 0.333. The maximum atomic E-state index is 12.9. The summed E-state index contributed by atoms with van der Waals surface area (Å²) in [7, 11) is 0. The first kappa shape index (κ1) is 15.1. The lowest BCUT2D eigenvalue weighted by Gasteiger charge is -2.28. The number of pyridine rings is 1. The summed E-state index contributed by atoms with van der Waals surface area (Å²) in [4.78, 5) is 14.4. The molecule has 1 aliphatic rings. The van der Waals surface area contributed by atoms with Gasteiger partial charge < -0.3 is 19.7 Å². The van der Waals surface area contributed by atoms with Crippen molar-refractivity contribution in [3.8, 4) is 5.75 Å². The van der Waals surface area contributed by atoms with E-state index in [-0.39, 0.29) is 22.6 Å². The van der Waals surface area contributed by atoms with E-state index in [1.165, 1.54) is 13.1 Å². The second kappa shape index (κ2) is 5.24. The lowest BCUT2D eigenvalue weighted by Crippen LogP contribution is -2.39. The van der Waals surface area contributed by atoms with Gasteiger partial charge in [-0.3, -0.25) is 4.98 Å². The van der Waals surface area contributed by atoms with Crippen LogP contribution in [0.3, 0.4) is 0 Å². The normalized spacial score (nSPS) is 17.6. The number of aromatic nitrogens is 1. The van der Waals surface area contributed by atoms with E-state index < -0.39 is 30.8 Å². The molecular weight excluding hydrogens is 295 g/mol. The molecule has 0 aliphatic carbocycles. The Bertz CT molecular complexity index is 612. The molecule has 1 aromatic heterocycles. The van der Waals surface area contributed by atoms with Gasteiger partial charge in [0.05, 0.1) is 12.3 Å². The van der Waals surface area contributed by atoms with Crippen molar-refractivity contribution in [1.29, 1.82) is 0 Å². The maximum absolute atomic E-state index is 12.9. The van der Waals surface area contributed by atoms with Crippen LogP contribution in [0.25, 0.3) is 6.08 Å². The molecule has 0 aromatic carbocycles. The Kier molecular flexibility index (Phi) is 3.77. The first-order chi connectivity index (χ1) is 9.74. The minimum Gasteiger partial charge on any atom is -0.470 e. The standard InChI is InChI=1S/C12H10F3NO5/c1-5-9-7(6(4-17)3-16-5)2-8(20-11(18)19)10(21-9)12(13,14)15/h2-3,10,17H,4H2,1H3,(H,18,19). The van der Waals surface area contributed by atoms with Gasteiger partial charge >= 0.3 is 12.3 Å². The van der Waals surface area contributed by atoms with Gasteiger partial charge in [-0.2, -0.15) is 13.2 Å². The largest absolute Gasteiger partial charge is 0.511 e. The summed E-state index contributed by atoms with van der Waals surface area (Å²) >= 11 is 0. The molecule has 2 rings (SSSR count). The molecule has 0 spiro atoms. The smallest absolute Gasteiger partial charge is 0.470 e. The lowest BCUT2D eigenvalue weighted by atomic mass is 10.0. The highest BCUT2D eigenvalue weighted by molar-refractivity contribution is 5.69. The van der Waals surface area contributed by atoms with Crippen molar-refractivity contribution in [1.82, 2.24) is 4.98 Å². The van der Waals surface area contributed by atoms with E-state index in [9.17, 15) is 23.1 Å². The fourth-order valence-electron chi connectivity index (χ4n) is 1.88. The van der Waals surface area contributed by atoms with E-state index in [0.29, 0.717) is 0 Å². The van der Waals surface area contributed by atoms with Gasteiger partial charge in [0.15, 0.2) is 5.76 Å². The average Bonchev–Trinajstić information content (AvgIpc) is 2.36. The molecule has 1 aromatic rings. The van der Waals surface area contributed by atoms with Gasteiger partial charge in [0, 0.05) is 17.3 Å². The third kappa shape index (κ3) is 2.92. The third-order valence-electron chi connectivity index (χ3n) is 2.79. The highest BCUT2D eigenvalue weighted by Gasteiger charge is 2.48. The Labute approximate surface area is 116 Å². The van der Waals surface area contributed by atoms with Crippen LogP contribution < -0.4 is 4.74 Å². The number of halogens is 3. The zero-order chi connectivity index (χ0) is 15.8. The minimum atomic E-state index is -4.86. The van der Waals surface area contributed by atoms with Crippen LogP contribution >= 0.6 is 0 Å². The van der Waals surface area contributed by atoms with Crippen LogP contribution in [0.1, 0.15) is 16.8 Å². The summed E-state index contributed by atoms with van der Waals surface area (Å²) in [6.07, 6.45) is -7.14. The molecule has 1 unspecified atom stereocenters. The summed E-state index contributed by atoms with van der Waals surface area (Å²) < 4.78 is 47.8. The van der Waals surface area contributed by atoms with Gasteiger partial charge in [-0.25, -0.2) is 4.79 Å². The van der Waals surface area contributed by atoms with Gasteiger partial charge in [-0.05, 0) is 13.0 Å². The molecule has 0 saturated carbocycles. The van der Waals surface area contributed by atoms with Crippen LogP contribution in [-0.2, 0) is 11.3 Å². The molecule has 9 heteroatoms. The van der Waals surface area contributed by atoms with Crippen molar-refractivity contribution in [2.24, 2.45) is 0 Å². The number of aliphatic hydroxyl groups excluding tert-OH is 1. The SMILES string of the molecule is Cc1ncc(CO)c2c1OC(C(F)(F)F)C(OC(=O)O)=C2. The monoisotopic (exact) mass is 305 g/mol. The van der Waals surface area contributed by atoms with Gasteiger partial charge in [0.1, 0.15) is 5.75 Å². The quantitative estimate of drug-likeness (QED) is 0.815. The molecule has 0 radical (unpaired) electrons. The van der Waals surface area contributed by atoms with Gasteiger partial charge in [0.2, 0.25) is 0 Å². The topological polar surface area (TPSA) is 88.9 Å². The molecule has 0 bridgehead atoms. The second-order valence-corrected chi connectivity index (χ2v) is 4.22. The van der Waals surface area contributed by atoms with Crippen molar-refractivity contribution >= 4 is 12.2 Å². The van der Waals surface area contributed by atoms with Crippen LogP contribution in [0.5, 0.6) is 5.75 Å². The number of hydrogen-bond acceptors (Lipinski definition) is 5. The van der Waals surface area contributed by atoms with E-state index in [4.69, 9.17) is 9.84 Å². The molecule has 1 aliphatic heterocycles. The highest BCUT2D eigenvalue weighted by atomic mass is 19.4. The van der Waals surface area contributed by atoms with Crippen LogP contribution in [0.4, 0.5) is 18.0 Å². The summed E-state index contributed by atoms with van der Waals surface area (Å²) in [6.45, 7) is 0.941. The third-order valence-corrected chi connectivity index (χ3v) is 2.79. The number of fused-ring (bicyclic) bond motifs is 1. The minimum absolute atomic E-state index is 0.113. The van der Waals surface area contributed by atoms with Crippen LogP contribution in [0.15, 0.2) is 12.0 Å². The van der Waals surface area contributed by atoms with E-state index in [2.05, 4.69) is 9.72 Å². The van der Waals surface area contributed by atoms with Crippen molar-refractivity contribution in [3.05, 3.63) is 28.8 Å². The Morgan fingerprint density at radius 1 is 1.52 bits per heavy atom. The molecule has 2 N–H and O–H groups in total. The van der Waals surface area contributed by atoms with E-state index in [1.807, 2.05) is 0 Å². The molecule has 1 atom stereocenters. The van der Waals surface area contributed by atoms with Crippen LogP contribution in [0.2, 0.25) is 0 Å². The van der Waals surface area contributed by atoms with E-state index in [0.717, 1.165) is 6.08 Å². The van der Waals surface area contributed by atoms with Crippen LogP contribution in [0, 0.1) is 6.92 Å². The van der Waals surface area contributed by atoms with Crippen LogP contribution in [-0.4, -0.2) is 33.6 Å². The number of hydrogen-bond donors (Lipinski definition) is 2. The molecule has 2 heterocycles. The van der Waals surface area contributed by atoms with Crippen molar-refractivity contribution in [3.63, 3.8) is 0 Å². The van der Waals surface area contributed by atoms with Gasteiger partial charge in [-0.1, -0.05) is 0 Å². The maximum Gasteiger partial charge on any atom is 0.511 e. The summed E-state index contributed by atoms with van der Waals surface area (Å²) in [5, 5.41) is 17.7. The summed E-state index contributed by atoms with van der Waals surface area (Å²) in [5.74, 6) is -1.08. The zero-order valence-electron chi connectivity index (χ0n) is 10.6. The first-order valence-corrected chi connectivity index (χ1v) is 5.69. The Morgan fingerprint density at radius 2 is 2.19 bits per heavy atom. The highest BCUT2D eigenvalue weighted by Crippen LogP contribution is 2.39. The molecular formula is C12H10F3NO5. The molecule has 114 valence electrons. The van der Waals surface area contributed by atoms with Crippen molar-refractivity contribution in [2.75, 3.05) is 0 Å². The molecule has 0 amide bonds. The fourth-order valence-corrected chi connectivity index (χ4v) is 1.88. The molecule has 6 nitrogen and oxygen atoms in total. The van der Waals surface area contributed by atoms with Crippen molar-refractivity contribution in [2.45, 2.75) is 25.8 Å². The number of aryl methyl sites for hydroxylation is 1. The predicted molar refractivity (Wildman–Crippen MR) is 62.5 cm³/mol.